The van der Waals surface area contributed by atoms with E-state index in [1.165, 1.54) is 25.2 Å². The number of nitro groups is 1. The summed E-state index contributed by atoms with van der Waals surface area (Å²) < 4.78 is 11.5. The number of rotatable bonds is 6. The number of nitrogens with one attached hydrogen (secondary N) is 1. The molecule has 1 atom stereocenters. The zero-order chi connectivity index (χ0) is 14.4. The van der Waals surface area contributed by atoms with E-state index in [1.807, 2.05) is 0 Å². The number of amides is 1. The minimum Gasteiger partial charge on any atom is -0.358 e. The molecule has 8 heteroatoms. The van der Waals surface area contributed by atoms with Crippen molar-refractivity contribution in [1.82, 2.24) is 5.32 Å². The molecule has 0 aliphatic rings. The lowest BCUT2D eigenvalue weighted by atomic mass is 10.1. The van der Waals surface area contributed by atoms with Gasteiger partial charge in [-0.25, -0.2) is 0 Å². The van der Waals surface area contributed by atoms with Gasteiger partial charge in [0.2, 0.25) is 5.91 Å². The highest BCUT2D eigenvalue weighted by Gasteiger charge is 2.15. The molecule has 1 aromatic carbocycles. The van der Waals surface area contributed by atoms with Crippen molar-refractivity contribution in [3.05, 3.63) is 39.9 Å². The van der Waals surface area contributed by atoms with Gasteiger partial charge in [-0.1, -0.05) is 12.1 Å². The summed E-state index contributed by atoms with van der Waals surface area (Å²) in [6.45, 7) is 0. The van der Waals surface area contributed by atoms with Gasteiger partial charge in [-0.2, -0.15) is 0 Å². The molecular weight excluding hydrogens is 272 g/mol. The molecule has 1 rings (SSSR count). The molecule has 0 saturated heterocycles. The van der Waals surface area contributed by atoms with Crippen molar-refractivity contribution in [3.63, 3.8) is 0 Å². The predicted octanol–water partition coefficient (Wildman–Crippen LogP) is 0.272. The van der Waals surface area contributed by atoms with Crippen LogP contribution in [0.25, 0.3) is 0 Å². The summed E-state index contributed by atoms with van der Waals surface area (Å²) in [6.07, 6.45) is 0. The zero-order valence-electron chi connectivity index (χ0n) is 10.1. The summed E-state index contributed by atoms with van der Waals surface area (Å²) in [5, 5.41) is 12.9. The lowest BCUT2D eigenvalue weighted by molar-refractivity contribution is -0.384. The van der Waals surface area contributed by atoms with Crippen LogP contribution in [0.2, 0.25) is 0 Å². The number of carbonyl (C=O) groups excluding carboxylic acids is 2. The quantitative estimate of drug-likeness (QED) is 0.458. The summed E-state index contributed by atoms with van der Waals surface area (Å²) in [6, 6.07) is 5.18. The number of hydrogen-bond acceptors (Lipinski definition) is 5. The smallest absolute Gasteiger partial charge is 0.270 e. The van der Waals surface area contributed by atoms with E-state index in [-0.39, 0.29) is 22.8 Å². The third-order valence-corrected chi connectivity index (χ3v) is 3.41. The molecule has 0 aliphatic carbocycles. The normalized spacial score (nSPS) is 11.6. The van der Waals surface area contributed by atoms with Gasteiger partial charge in [-0.05, 0) is 0 Å². The Bertz CT molecular complexity index is 544. The minimum absolute atomic E-state index is 0.111. The molecular formula is C11H12N2O5S. The Hall–Kier alpha value is -2.09. The molecule has 1 amide bonds. The first-order chi connectivity index (χ1) is 8.93. The number of nitrogens with zero attached hydrogens (tertiary/aromatic N) is 1. The molecule has 1 aromatic rings. The third kappa shape index (κ3) is 4.59. The topological polar surface area (TPSA) is 106 Å². The van der Waals surface area contributed by atoms with E-state index in [9.17, 15) is 23.9 Å². The molecule has 0 bridgehead atoms. The Morgan fingerprint density at radius 2 is 2.05 bits per heavy atom. The van der Waals surface area contributed by atoms with Gasteiger partial charge in [0.15, 0.2) is 5.78 Å². The predicted molar refractivity (Wildman–Crippen MR) is 69.4 cm³/mol. The van der Waals surface area contributed by atoms with Crippen LogP contribution in [0.15, 0.2) is 24.3 Å². The molecule has 0 radical (unpaired) electrons. The van der Waals surface area contributed by atoms with Crippen LogP contribution in [-0.4, -0.2) is 39.4 Å². The molecule has 0 spiro atoms. The van der Waals surface area contributed by atoms with Crippen molar-refractivity contribution >= 4 is 28.2 Å². The molecule has 0 heterocycles. The fourth-order valence-corrected chi connectivity index (χ4v) is 2.29. The van der Waals surface area contributed by atoms with Gasteiger partial charge in [-0.15, -0.1) is 0 Å². The molecule has 0 saturated carbocycles. The van der Waals surface area contributed by atoms with Crippen molar-refractivity contribution in [2.75, 3.05) is 18.6 Å². The van der Waals surface area contributed by atoms with Gasteiger partial charge in [0.05, 0.1) is 10.7 Å². The summed E-state index contributed by atoms with van der Waals surface area (Å²) in [7, 11) is -0.225. The highest BCUT2D eigenvalue weighted by Crippen LogP contribution is 2.13. The Balaban J connectivity index is 2.73. The van der Waals surface area contributed by atoms with E-state index < -0.39 is 27.4 Å². The van der Waals surface area contributed by atoms with Crippen LogP contribution >= 0.6 is 0 Å². The highest BCUT2D eigenvalue weighted by atomic mass is 32.2. The van der Waals surface area contributed by atoms with Crippen molar-refractivity contribution < 1.29 is 18.7 Å². The fraction of sp³-hybridized carbons (Fsp3) is 0.273. The number of hydrogen-bond donors (Lipinski definition) is 1. The second-order valence-corrected chi connectivity index (χ2v) is 5.09. The van der Waals surface area contributed by atoms with E-state index >= 15 is 0 Å². The average Bonchev–Trinajstić information content (AvgIpc) is 2.38. The van der Waals surface area contributed by atoms with Crippen LogP contribution < -0.4 is 5.32 Å². The van der Waals surface area contributed by atoms with Crippen LogP contribution in [0.3, 0.4) is 0 Å². The van der Waals surface area contributed by atoms with Gasteiger partial charge in [-0.3, -0.25) is 23.9 Å². The zero-order valence-corrected chi connectivity index (χ0v) is 10.9. The van der Waals surface area contributed by atoms with Crippen LogP contribution in [-0.2, 0) is 15.6 Å². The van der Waals surface area contributed by atoms with Crippen molar-refractivity contribution in [2.45, 2.75) is 0 Å². The Morgan fingerprint density at radius 1 is 1.37 bits per heavy atom. The Morgan fingerprint density at radius 3 is 2.63 bits per heavy atom. The minimum atomic E-state index is -1.63. The molecule has 0 aliphatic heterocycles. The standard InChI is InChI=1S/C11H12N2O5S/c1-12-11(15)7-19(18)6-10(14)8-3-2-4-9(5-8)13(16)17/h2-5H,6-7H2,1H3,(H,12,15). The number of carbonyl (C=O) groups is 2. The lowest BCUT2D eigenvalue weighted by Crippen LogP contribution is -2.26. The van der Waals surface area contributed by atoms with Crippen LogP contribution in [0, 0.1) is 10.1 Å². The monoisotopic (exact) mass is 284 g/mol. The number of non-ortho nitro benzene ring substituents is 1. The van der Waals surface area contributed by atoms with Crippen LogP contribution in [0.5, 0.6) is 0 Å². The summed E-state index contributed by atoms with van der Waals surface area (Å²) in [5.74, 6) is -1.53. The first-order valence-electron chi connectivity index (χ1n) is 5.27. The summed E-state index contributed by atoms with van der Waals surface area (Å²) in [5.41, 5.74) is -0.0950. The lowest BCUT2D eigenvalue weighted by Gasteiger charge is -2.02. The van der Waals surface area contributed by atoms with Gasteiger partial charge in [0, 0.05) is 35.5 Å². The number of ketones is 1. The van der Waals surface area contributed by atoms with E-state index in [4.69, 9.17) is 0 Å². The Kier molecular flexibility index (Phi) is 5.31. The molecule has 0 aromatic heterocycles. The van der Waals surface area contributed by atoms with Crippen molar-refractivity contribution in [2.24, 2.45) is 0 Å². The maximum absolute atomic E-state index is 11.8. The molecule has 0 fully saturated rings. The first-order valence-corrected chi connectivity index (χ1v) is 6.76. The molecule has 1 N–H and O–H groups in total. The van der Waals surface area contributed by atoms with Crippen LogP contribution in [0.4, 0.5) is 5.69 Å². The second-order valence-electron chi connectivity index (χ2n) is 3.63. The van der Waals surface area contributed by atoms with Gasteiger partial charge >= 0.3 is 0 Å². The van der Waals surface area contributed by atoms with Crippen molar-refractivity contribution in [1.29, 1.82) is 0 Å². The second kappa shape index (κ2) is 6.74. The Labute approximate surface area is 111 Å². The third-order valence-electron chi connectivity index (χ3n) is 2.24. The maximum Gasteiger partial charge on any atom is 0.270 e. The molecule has 19 heavy (non-hydrogen) atoms. The van der Waals surface area contributed by atoms with Gasteiger partial charge in [0.25, 0.3) is 5.69 Å². The van der Waals surface area contributed by atoms with E-state index in [2.05, 4.69) is 5.32 Å². The number of benzene rings is 1. The highest BCUT2D eigenvalue weighted by molar-refractivity contribution is 7.86. The van der Waals surface area contributed by atoms with Gasteiger partial charge in [0.1, 0.15) is 5.75 Å². The first kappa shape index (κ1) is 15.0. The SMILES string of the molecule is CNC(=O)CS(=O)CC(=O)c1cccc([N+](=O)[O-])c1. The van der Waals surface area contributed by atoms with E-state index in [0.29, 0.717) is 0 Å². The van der Waals surface area contributed by atoms with Crippen molar-refractivity contribution in [3.8, 4) is 0 Å². The molecule has 1 unspecified atom stereocenters. The van der Waals surface area contributed by atoms with E-state index in [0.717, 1.165) is 6.07 Å². The maximum atomic E-state index is 11.8. The van der Waals surface area contributed by atoms with E-state index in [1.54, 1.807) is 0 Å². The van der Waals surface area contributed by atoms with Crippen LogP contribution in [0.1, 0.15) is 10.4 Å². The fourth-order valence-electron chi connectivity index (χ4n) is 1.29. The largest absolute Gasteiger partial charge is 0.358 e. The summed E-state index contributed by atoms with van der Waals surface area (Å²) >= 11 is 0. The number of Topliss-reactive ketones (excluding diaryl/α,β-unsaturated/α-hetero) is 1. The number of nitro benzene ring substituents is 1. The molecule has 102 valence electrons. The van der Waals surface area contributed by atoms with Gasteiger partial charge < -0.3 is 5.32 Å². The average molecular weight is 284 g/mol. The summed E-state index contributed by atoms with van der Waals surface area (Å²) in [4.78, 5) is 32.7. The molecule has 7 nitrogen and oxygen atoms in total.